The summed E-state index contributed by atoms with van der Waals surface area (Å²) in [6.07, 6.45) is 4.02. The lowest BCUT2D eigenvalue weighted by Crippen LogP contribution is -2.41. The molecule has 1 aliphatic rings. The Hall–Kier alpha value is -0.0400. The highest BCUT2D eigenvalue weighted by Gasteiger charge is 2.35. The van der Waals surface area contributed by atoms with E-state index in [1.165, 1.54) is 19.3 Å². The van der Waals surface area contributed by atoms with E-state index >= 15 is 0 Å². The Labute approximate surface area is 89.5 Å². The molecule has 3 atom stereocenters. The van der Waals surface area contributed by atoms with Crippen molar-refractivity contribution in [2.45, 2.75) is 59.9 Å². The van der Waals surface area contributed by atoms with Crippen molar-refractivity contribution >= 4 is 0 Å². The Morgan fingerprint density at radius 2 is 1.79 bits per heavy atom. The van der Waals surface area contributed by atoms with E-state index in [9.17, 15) is 0 Å². The highest BCUT2D eigenvalue weighted by Crippen LogP contribution is 2.43. The lowest BCUT2D eigenvalue weighted by molar-refractivity contribution is 0.105. The topological polar surface area (TPSA) is 26.0 Å². The van der Waals surface area contributed by atoms with Gasteiger partial charge >= 0.3 is 0 Å². The van der Waals surface area contributed by atoms with Gasteiger partial charge in [-0.05, 0) is 42.4 Å². The Bertz CT molecular complexity index is 184. The minimum absolute atomic E-state index is 0.400. The molecule has 0 saturated heterocycles. The summed E-state index contributed by atoms with van der Waals surface area (Å²) in [5.74, 6) is 2.23. The summed E-state index contributed by atoms with van der Waals surface area (Å²) in [6.45, 7) is 11.7. The molecular formula is C13H27N. The molecule has 0 aromatic carbocycles. The molecular weight excluding hydrogens is 170 g/mol. The molecule has 3 unspecified atom stereocenters. The van der Waals surface area contributed by atoms with Gasteiger partial charge in [0.25, 0.3) is 0 Å². The molecule has 0 radical (unpaired) electrons. The van der Waals surface area contributed by atoms with Crippen LogP contribution in [0.2, 0.25) is 0 Å². The Kier molecular flexibility index (Phi) is 3.63. The highest BCUT2D eigenvalue weighted by molar-refractivity contribution is 4.88. The maximum absolute atomic E-state index is 6.27. The van der Waals surface area contributed by atoms with Crippen molar-refractivity contribution in [3.05, 3.63) is 0 Å². The number of hydrogen-bond acceptors (Lipinski definition) is 1. The summed E-state index contributed by atoms with van der Waals surface area (Å²) in [6, 6.07) is 0.400. The minimum Gasteiger partial charge on any atom is -0.327 e. The van der Waals surface area contributed by atoms with E-state index in [0.29, 0.717) is 17.4 Å². The lowest BCUT2D eigenvalue weighted by atomic mass is 9.65. The Balaban J connectivity index is 2.62. The number of hydrogen-bond donors (Lipinski definition) is 1. The van der Waals surface area contributed by atoms with Gasteiger partial charge in [0.15, 0.2) is 0 Å². The van der Waals surface area contributed by atoms with Crippen molar-refractivity contribution in [2.75, 3.05) is 0 Å². The molecule has 14 heavy (non-hydrogen) atoms. The van der Waals surface area contributed by atoms with E-state index in [1.807, 2.05) is 0 Å². The summed E-state index contributed by atoms with van der Waals surface area (Å²) < 4.78 is 0. The number of rotatable bonds is 2. The second kappa shape index (κ2) is 4.22. The van der Waals surface area contributed by atoms with Crippen LogP contribution in [-0.2, 0) is 0 Å². The first-order valence-corrected chi connectivity index (χ1v) is 6.07. The molecule has 84 valence electrons. The molecule has 1 fully saturated rings. The first-order valence-electron chi connectivity index (χ1n) is 6.07. The molecule has 0 aromatic rings. The summed E-state index contributed by atoms with van der Waals surface area (Å²) in [5.41, 5.74) is 6.78. The zero-order chi connectivity index (χ0) is 10.9. The van der Waals surface area contributed by atoms with E-state index in [1.54, 1.807) is 0 Å². The van der Waals surface area contributed by atoms with Crippen LogP contribution >= 0.6 is 0 Å². The molecule has 0 aromatic heterocycles. The zero-order valence-corrected chi connectivity index (χ0v) is 10.5. The largest absolute Gasteiger partial charge is 0.327 e. The van der Waals surface area contributed by atoms with Gasteiger partial charge in [-0.2, -0.15) is 0 Å². The van der Waals surface area contributed by atoms with Gasteiger partial charge in [0.05, 0.1) is 0 Å². The average molecular weight is 197 g/mol. The molecule has 1 heteroatoms. The summed E-state index contributed by atoms with van der Waals surface area (Å²) in [4.78, 5) is 0. The third-order valence-electron chi connectivity index (χ3n) is 3.74. The van der Waals surface area contributed by atoms with Crippen molar-refractivity contribution in [1.29, 1.82) is 0 Å². The van der Waals surface area contributed by atoms with Crippen LogP contribution in [0.25, 0.3) is 0 Å². The van der Waals surface area contributed by atoms with Crippen LogP contribution in [0.3, 0.4) is 0 Å². The Morgan fingerprint density at radius 1 is 1.21 bits per heavy atom. The van der Waals surface area contributed by atoms with Crippen molar-refractivity contribution in [3.63, 3.8) is 0 Å². The van der Waals surface area contributed by atoms with E-state index in [-0.39, 0.29) is 0 Å². The van der Waals surface area contributed by atoms with Crippen LogP contribution in [-0.4, -0.2) is 6.04 Å². The quantitative estimate of drug-likeness (QED) is 0.721. The van der Waals surface area contributed by atoms with Crippen LogP contribution in [0, 0.1) is 23.2 Å². The third-order valence-corrected chi connectivity index (χ3v) is 3.74. The maximum atomic E-state index is 6.27. The smallest absolute Gasteiger partial charge is 0.00906 e. The van der Waals surface area contributed by atoms with Crippen LogP contribution in [0.5, 0.6) is 0 Å². The van der Waals surface area contributed by atoms with Gasteiger partial charge in [0.1, 0.15) is 0 Å². The van der Waals surface area contributed by atoms with E-state index < -0.39 is 0 Å². The molecule has 1 aliphatic carbocycles. The molecule has 1 rings (SSSR count). The predicted molar refractivity (Wildman–Crippen MR) is 63.1 cm³/mol. The standard InChI is InChI=1S/C13H27N/c1-9(2)12(14)11-6-10(3)7-13(4,5)8-11/h9-12H,6-8,14H2,1-5H3. The van der Waals surface area contributed by atoms with Crippen LogP contribution < -0.4 is 5.73 Å². The minimum atomic E-state index is 0.400. The fraction of sp³-hybridized carbons (Fsp3) is 1.00. The Morgan fingerprint density at radius 3 is 2.21 bits per heavy atom. The fourth-order valence-corrected chi connectivity index (χ4v) is 3.26. The molecule has 2 N–H and O–H groups in total. The fourth-order valence-electron chi connectivity index (χ4n) is 3.26. The number of nitrogens with two attached hydrogens (primary N) is 1. The van der Waals surface area contributed by atoms with Gasteiger partial charge in [0.2, 0.25) is 0 Å². The molecule has 0 amide bonds. The molecule has 0 aliphatic heterocycles. The van der Waals surface area contributed by atoms with E-state index in [0.717, 1.165) is 11.8 Å². The molecule has 0 spiro atoms. The van der Waals surface area contributed by atoms with Crippen molar-refractivity contribution in [3.8, 4) is 0 Å². The van der Waals surface area contributed by atoms with E-state index in [2.05, 4.69) is 34.6 Å². The summed E-state index contributed by atoms with van der Waals surface area (Å²) in [7, 11) is 0. The van der Waals surface area contributed by atoms with Gasteiger partial charge in [-0.15, -0.1) is 0 Å². The van der Waals surface area contributed by atoms with E-state index in [4.69, 9.17) is 5.73 Å². The molecule has 1 saturated carbocycles. The van der Waals surface area contributed by atoms with Gasteiger partial charge in [-0.25, -0.2) is 0 Å². The third kappa shape index (κ3) is 2.98. The van der Waals surface area contributed by atoms with Crippen molar-refractivity contribution in [2.24, 2.45) is 28.9 Å². The molecule has 0 bridgehead atoms. The summed E-state index contributed by atoms with van der Waals surface area (Å²) in [5, 5.41) is 0. The van der Waals surface area contributed by atoms with Gasteiger partial charge < -0.3 is 5.73 Å². The molecule has 1 nitrogen and oxygen atoms in total. The lowest BCUT2D eigenvalue weighted by Gasteiger charge is -2.42. The average Bonchev–Trinajstić information content (AvgIpc) is 1.98. The maximum Gasteiger partial charge on any atom is 0.00906 e. The van der Waals surface area contributed by atoms with Gasteiger partial charge in [-0.3, -0.25) is 0 Å². The highest BCUT2D eigenvalue weighted by atomic mass is 14.7. The van der Waals surface area contributed by atoms with Crippen LogP contribution in [0.4, 0.5) is 0 Å². The first kappa shape index (κ1) is 12.0. The summed E-state index contributed by atoms with van der Waals surface area (Å²) >= 11 is 0. The van der Waals surface area contributed by atoms with Crippen LogP contribution in [0.15, 0.2) is 0 Å². The monoisotopic (exact) mass is 197 g/mol. The predicted octanol–water partition coefficient (Wildman–Crippen LogP) is 3.43. The molecule has 0 heterocycles. The SMILES string of the molecule is CC1CC(C(N)C(C)C)CC(C)(C)C1. The first-order chi connectivity index (χ1) is 6.32. The normalized spacial score (nSPS) is 34.5. The zero-order valence-electron chi connectivity index (χ0n) is 10.5. The van der Waals surface area contributed by atoms with Gasteiger partial charge in [0, 0.05) is 6.04 Å². The van der Waals surface area contributed by atoms with Crippen molar-refractivity contribution < 1.29 is 0 Å². The van der Waals surface area contributed by atoms with Crippen molar-refractivity contribution in [1.82, 2.24) is 0 Å². The second-order valence-corrected chi connectivity index (χ2v) is 6.49. The second-order valence-electron chi connectivity index (χ2n) is 6.49. The van der Waals surface area contributed by atoms with Gasteiger partial charge in [-0.1, -0.05) is 34.6 Å². The van der Waals surface area contributed by atoms with Crippen LogP contribution in [0.1, 0.15) is 53.9 Å².